The molecule has 1 amide bonds. The van der Waals surface area contributed by atoms with Crippen molar-refractivity contribution < 1.29 is 14.6 Å². The SMILES string of the molecule is COC(C)(C)CC(=O)N1CCC[C@H](O)C1. The van der Waals surface area contributed by atoms with Crippen LogP contribution in [-0.4, -0.2) is 47.8 Å². The van der Waals surface area contributed by atoms with Crippen LogP contribution in [0, 0.1) is 0 Å². The van der Waals surface area contributed by atoms with E-state index in [1.165, 1.54) is 0 Å². The highest BCUT2D eigenvalue weighted by Gasteiger charge is 2.27. The monoisotopic (exact) mass is 215 g/mol. The van der Waals surface area contributed by atoms with E-state index in [-0.39, 0.29) is 12.0 Å². The van der Waals surface area contributed by atoms with E-state index in [9.17, 15) is 9.90 Å². The van der Waals surface area contributed by atoms with E-state index in [2.05, 4.69) is 0 Å². The molecule has 0 aliphatic carbocycles. The first-order valence-electron chi connectivity index (χ1n) is 5.45. The van der Waals surface area contributed by atoms with Gasteiger partial charge in [-0.2, -0.15) is 0 Å². The molecule has 0 spiro atoms. The van der Waals surface area contributed by atoms with Crippen LogP contribution in [0.1, 0.15) is 33.1 Å². The van der Waals surface area contributed by atoms with Crippen LogP contribution in [-0.2, 0) is 9.53 Å². The number of aliphatic hydroxyl groups excluding tert-OH is 1. The van der Waals surface area contributed by atoms with Crippen LogP contribution in [0.5, 0.6) is 0 Å². The molecule has 0 aromatic rings. The Bertz CT molecular complexity index is 228. The number of hydrogen-bond acceptors (Lipinski definition) is 3. The molecule has 0 bridgehead atoms. The van der Waals surface area contributed by atoms with Gasteiger partial charge in [0, 0.05) is 20.2 Å². The molecule has 15 heavy (non-hydrogen) atoms. The first-order chi connectivity index (χ1) is 6.94. The van der Waals surface area contributed by atoms with Gasteiger partial charge >= 0.3 is 0 Å². The number of likely N-dealkylation sites (tertiary alicyclic amines) is 1. The zero-order valence-electron chi connectivity index (χ0n) is 9.82. The summed E-state index contributed by atoms with van der Waals surface area (Å²) in [6, 6.07) is 0. The van der Waals surface area contributed by atoms with Gasteiger partial charge in [-0.1, -0.05) is 0 Å². The number of carbonyl (C=O) groups excluding carboxylic acids is 1. The van der Waals surface area contributed by atoms with Crippen LogP contribution < -0.4 is 0 Å². The Morgan fingerprint density at radius 1 is 1.60 bits per heavy atom. The minimum Gasteiger partial charge on any atom is -0.391 e. The molecule has 1 fully saturated rings. The molecule has 4 heteroatoms. The summed E-state index contributed by atoms with van der Waals surface area (Å²) >= 11 is 0. The zero-order valence-corrected chi connectivity index (χ0v) is 9.82. The summed E-state index contributed by atoms with van der Waals surface area (Å²) in [7, 11) is 1.61. The summed E-state index contributed by atoms with van der Waals surface area (Å²) in [6.07, 6.45) is 1.71. The molecule has 0 unspecified atom stereocenters. The maximum atomic E-state index is 11.9. The molecular formula is C11H21NO3. The molecule has 1 rings (SSSR count). The summed E-state index contributed by atoms with van der Waals surface area (Å²) < 4.78 is 5.22. The van der Waals surface area contributed by atoms with Gasteiger partial charge in [0.05, 0.1) is 18.1 Å². The van der Waals surface area contributed by atoms with E-state index < -0.39 is 5.60 Å². The van der Waals surface area contributed by atoms with Crippen LogP contribution in [0.15, 0.2) is 0 Å². The Hall–Kier alpha value is -0.610. The number of carbonyl (C=O) groups is 1. The van der Waals surface area contributed by atoms with Gasteiger partial charge in [0.25, 0.3) is 0 Å². The predicted molar refractivity (Wildman–Crippen MR) is 57.5 cm³/mol. The molecule has 0 saturated carbocycles. The Morgan fingerprint density at radius 2 is 2.27 bits per heavy atom. The Morgan fingerprint density at radius 3 is 2.80 bits per heavy atom. The van der Waals surface area contributed by atoms with E-state index in [0.717, 1.165) is 19.4 Å². The van der Waals surface area contributed by atoms with E-state index in [0.29, 0.717) is 13.0 Å². The third-order valence-corrected chi connectivity index (χ3v) is 2.88. The molecule has 1 N–H and O–H groups in total. The number of hydrogen-bond donors (Lipinski definition) is 1. The predicted octanol–water partition coefficient (Wildman–Crippen LogP) is 0.785. The highest BCUT2D eigenvalue weighted by atomic mass is 16.5. The normalized spacial score (nSPS) is 22.9. The minimum atomic E-state index is -0.417. The summed E-state index contributed by atoms with van der Waals surface area (Å²) in [5, 5.41) is 9.46. The number of methoxy groups -OCH3 is 1. The van der Waals surface area contributed by atoms with Crippen molar-refractivity contribution in [1.29, 1.82) is 0 Å². The van der Waals surface area contributed by atoms with Gasteiger partial charge in [-0.15, -0.1) is 0 Å². The second-order valence-electron chi connectivity index (χ2n) is 4.78. The molecule has 1 aliphatic rings. The van der Waals surface area contributed by atoms with Gasteiger partial charge in [-0.25, -0.2) is 0 Å². The smallest absolute Gasteiger partial charge is 0.225 e. The Labute approximate surface area is 91.2 Å². The lowest BCUT2D eigenvalue weighted by Gasteiger charge is -2.32. The molecule has 0 aromatic carbocycles. The Kier molecular flexibility index (Phi) is 4.11. The van der Waals surface area contributed by atoms with Crippen molar-refractivity contribution in [3.05, 3.63) is 0 Å². The van der Waals surface area contributed by atoms with Gasteiger partial charge in [0.15, 0.2) is 0 Å². The standard InChI is InChI=1S/C11H21NO3/c1-11(2,15-3)7-10(14)12-6-4-5-9(13)8-12/h9,13H,4-8H2,1-3H3/t9-/m0/s1. The first-order valence-corrected chi connectivity index (χ1v) is 5.45. The average molecular weight is 215 g/mol. The van der Waals surface area contributed by atoms with E-state index in [1.54, 1.807) is 12.0 Å². The molecule has 0 aromatic heterocycles. The highest BCUT2D eigenvalue weighted by Crippen LogP contribution is 2.17. The van der Waals surface area contributed by atoms with E-state index in [4.69, 9.17) is 4.74 Å². The van der Waals surface area contributed by atoms with Crippen LogP contribution in [0.3, 0.4) is 0 Å². The van der Waals surface area contributed by atoms with Crippen LogP contribution in [0.2, 0.25) is 0 Å². The van der Waals surface area contributed by atoms with Crippen LogP contribution >= 0.6 is 0 Å². The van der Waals surface area contributed by atoms with Crippen LogP contribution in [0.25, 0.3) is 0 Å². The second kappa shape index (κ2) is 4.94. The van der Waals surface area contributed by atoms with E-state index >= 15 is 0 Å². The first kappa shape index (κ1) is 12.5. The largest absolute Gasteiger partial charge is 0.391 e. The molecule has 1 heterocycles. The number of ether oxygens (including phenoxy) is 1. The van der Waals surface area contributed by atoms with Crippen molar-refractivity contribution in [3.8, 4) is 0 Å². The molecule has 1 aliphatic heterocycles. The number of nitrogens with zero attached hydrogens (tertiary/aromatic N) is 1. The number of rotatable bonds is 3. The quantitative estimate of drug-likeness (QED) is 0.757. The summed E-state index contributed by atoms with van der Waals surface area (Å²) in [4.78, 5) is 13.6. The van der Waals surface area contributed by atoms with Crippen molar-refractivity contribution in [3.63, 3.8) is 0 Å². The van der Waals surface area contributed by atoms with Crippen molar-refractivity contribution in [2.45, 2.75) is 44.8 Å². The van der Waals surface area contributed by atoms with Gasteiger partial charge in [0.1, 0.15) is 0 Å². The number of β-amino-alcohol motifs (C(OH)–C–C–N with tert-alkyl or cyclic N) is 1. The summed E-state index contributed by atoms with van der Waals surface area (Å²) in [5.41, 5.74) is -0.417. The lowest BCUT2D eigenvalue weighted by molar-refractivity contribution is -0.139. The zero-order chi connectivity index (χ0) is 11.5. The number of piperidine rings is 1. The van der Waals surface area contributed by atoms with Crippen molar-refractivity contribution in [2.24, 2.45) is 0 Å². The molecule has 0 radical (unpaired) electrons. The highest BCUT2D eigenvalue weighted by molar-refractivity contribution is 5.77. The molecule has 4 nitrogen and oxygen atoms in total. The van der Waals surface area contributed by atoms with Gasteiger partial charge in [-0.3, -0.25) is 4.79 Å². The summed E-state index contributed by atoms with van der Waals surface area (Å²) in [6.45, 7) is 5.02. The second-order valence-corrected chi connectivity index (χ2v) is 4.78. The molecule has 88 valence electrons. The minimum absolute atomic E-state index is 0.0700. The van der Waals surface area contributed by atoms with Crippen molar-refractivity contribution in [1.82, 2.24) is 4.90 Å². The van der Waals surface area contributed by atoms with Gasteiger partial charge in [0.2, 0.25) is 5.91 Å². The fraction of sp³-hybridized carbons (Fsp3) is 0.909. The average Bonchev–Trinajstić information content (AvgIpc) is 2.17. The summed E-state index contributed by atoms with van der Waals surface area (Å²) in [5.74, 6) is 0.0700. The maximum Gasteiger partial charge on any atom is 0.225 e. The fourth-order valence-electron chi connectivity index (χ4n) is 1.73. The van der Waals surface area contributed by atoms with Crippen molar-refractivity contribution >= 4 is 5.91 Å². The van der Waals surface area contributed by atoms with Crippen molar-refractivity contribution in [2.75, 3.05) is 20.2 Å². The molecule has 1 saturated heterocycles. The maximum absolute atomic E-state index is 11.9. The van der Waals surface area contributed by atoms with Gasteiger partial charge in [-0.05, 0) is 26.7 Å². The molecule has 1 atom stereocenters. The lowest BCUT2D eigenvalue weighted by atomic mass is 10.0. The Balaban J connectivity index is 2.46. The van der Waals surface area contributed by atoms with E-state index in [1.807, 2.05) is 13.8 Å². The van der Waals surface area contributed by atoms with Crippen LogP contribution in [0.4, 0.5) is 0 Å². The lowest BCUT2D eigenvalue weighted by Crippen LogP contribution is -2.44. The fourth-order valence-corrected chi connectivity index (χ4v) is 1.73. The number of amides is 1. The topological polar surface area (TPSA) is 49.8 Å². The van der Waals surface area contributed by atoms with Gasteiger partial charge < -0.3 is 14.7 Å². The third kappa shape index (κ3) is 3.80. The molecular weight excluding hydrogens is 194 g/mol. The number of aliphatic hydroxyl groups is 1. The third-order valence-electron chi connectivity index (χ3n) is 2.88.